The Balaban J connectivity index is 1.78. The summed E-state index contributed by atoms with van der Waals surface area (Å²) in [6.07, 6.45) is 5.96. The molecule has 4 N–H and O–H groups in total. The van der Waals surface area contributed by atoms with Crippen molar-refractivity contribution in [1.82, 2.24) is 4.90 Å². The topological polar surface area (TPSA) is 87.5 Å². The predicted octanol–water partition coefficient (Wildman–Crippen LogP) is 2.18. The summed E-state index contributed by atoms with van der Waals surface area (Å²) in [5.41, 5.74) is 6.86. The number of likely N-dealkylation sites (tertiary alicyclic amines) is 1. The van der Waals surface area contributed by atoms with Crippen molar-refractivity contribution in [2.45, 2.75) is 38.5 Å². The van der Waals surface area contributed by atoms with Crippen LogP contribution in [0.5, 0.6) is 0 Å². The normalized spacial score (nSPS) is 15.5. The van der Waals surface area contributed by atoms with Gasteiger partial charge in [0.05, 0.1) is 6.54 Å². The lowest BCUT2D eigenvalue weighted by Crippen LogP contribution is -2.33. The fourth-order valence-electron chi connectivity index (χ4n) is 2.82. The molecule has 1 aromatic rings. The Morgan fingerprint density at radius 1 is 0.917 bits per heavy atom. The number of amides is 2. The Morgan fingerprint density at radius 3 is 2.00 bits per heavy atom. The van der Waals surface area contributed by atoms with E-state index in [2.05, 4.69) is 15.5 Å². The number of hydrogen-bond acceptors (Lipinski definition) is 4. The lowest BCUT2D eigenvalue weighted by molar-refractivity contribution is -0.117. The fourth-order valence-corrected chi connectivity index (χ4v) is 2.82. The third-order valence-corrected chi connectivity index (χ3v) is 4.13. The molecule has 0 saturated carbocycles. The van der Waals surface area contributed by atoms with Crippen LogP contribution in [0.2, 0.25) is 0 Å². The molecule has 132 valence electrons. The van der Waals surface area contributed by atoms with Gasteiger partial charge in [-0.1, -0.05) is 12.8 Å². The number of benzene rings is 1. The largest absolute Gasteiger partial charge is 0.330 e. The van der Waals surface area contributed by atoms with Crippen molar-refractivity contribution in [2.75, 3.05) is 36.8 Å². The molecule has 0 spiro atoms. The second-order valence-corrected chi connectivity index (χ2v) is 6.26. The number of nitrogens with zero attached hydrogens (tertiary/aromatic N) is 1. The highest BCUT2D eigenvalue weighted by molar-refractivity contribution is 5.93. The molecule has 2 rings (SSSR count). The number of nitrogens with one attached hydrogen (secondary N) is 2. The summed E-state index contributed by atoms with van der Waals surface area (Å²) in [6.45, 7) is 2.95. The Morgan fingerprint density at radius 2 is 1.46 bits per heavy atom. The number of carbonyl (C=O) groups excluding carboxylic acids is 2. The molecule has 1 aliphatic heterocycles. The minimum Gasteiger partial charge on any atom is -0.330 e. The summed E-state index contributed by atoms with van der Waals surface area (Å²) in [5, 5.41) is 5.73. The molecule has 2 amide bonds. The summed E-state index contributed by atoms with van der Waals surface area (Å²) < 4.78 is 0. The highest BCUT2D eigenvalue weighted by Crippen LogP contribution is 2.14. The van der Waals surface area contributed by atoms with Gasteiger partial charge in [-0.25, -0.2) is 0 Å². The van der Waals surface area contributed by atoms with Crippen molar-refractivity contribution in [3.8, 4) is 0 Å². The van der Waals surface area contributed by atoms with E-state index in [0.29, 0.717) is 25.9 Å². The third kappa shape index (κ3) is 6.68. The maximum Gasteiger partial charge on any atom is 0.238 e. The van der Waals surface area contributed by atoms with Crippen molar-refractivity contribution >= 4 is 23.2 Å². The standard InChI is InChI=1S/C18H28N4O2/c19-11-5-6-17(23)20-15-7-9-16(10-8-15)21-18(24)14-22-12-3-1-2-4-13-22/h7-10H,1-6,11-14,19H2,(H,20,23)(H,21,24). The van der Waals surface area contributed by atoms with Crippen LogP contribution in [0.25, 0.3) is 0 Å². The number of carbonyl (C=O) groups is 2. The molecule has 1 saturated heterocycles. The van der Waals surface area contributed by atoms with Gasteiger partial charge in [0.2, 0.25) is 11.8 Å². The van der Waals surface area contributed by atoms with Gasteiger partial charge in [-0.05, 0) is 63.2 Å². The van der Waals surface area contributed by atoms with Crippen LogP contribution < -0.4 is 16.4 Å². The van der Waals surface area contributed by atoms with Crippen LogP contribution >= 0.6 is 0 Å². The first-order chi connectivity index (χ1) is 11.7. The predicted molar refractivity (Wildman–Crippen MR) is 96.9 cm³/mol. The Kier molecular flexibility index (Phi) is 7.71. The van der Waals surface area contributed by atoms with Crippen molar-refractivity contribution in [3.05, 3.63) is 24.3 Å². The quantitative estimate of drug-likeness (QED) is 0.714. The second kappa shape index (κ2) is 10.1. The maximum absolute atomic E-state index is 12.1. The van der Waals surface area contributed by atoms with Crippen LogP contribution in [0, 0.1) is 0 Å². The Hall–Kier alpha value is -1.92. The van der Waals surface area contributed by atoms with Gasteiger partial charge >= 0.3 is 0 Å². The zero-order valence-corrected chi connectivity index (χ0v) is 14.2. The van der Waals surface area contributed by atoms with Crippen LogP contribution in [0.15, 0.2) is 24.3 Å². The summed E-state index contributed by atoms with van der Waals surface area (Å²) in [6, 6.07) is 7.20. The van der Waals surface area contributed by atoms with Crippen molar-refractivity contribution < 1.29 is 9.59 Å². The molecule has 0 bridgehead atoms. The van der Waals surface area contributed by atoms with E-state index in [4.69, 9.17) is 5.73 Å². The smallest absolute Gasteiger partial charge is 0.238 e. The van der Waals surface area contributed by atoms with E-state index in [1.165, 1.54) is 25.7 Å². The third-order valence-electron chi connectivity index (χ3n) is 4.13. The number of anilines is 2. The highest BCUT2D eigenvalue weighted by atomic mass is 16.2. The lowest BCUT2D eigenvalue weighted by Gasteiger charge is -2.19. The van der Waals surface area contributed by atoms with Gasteiger partial charge in [0.15, 0.2) is 0 Å². The molecule has 0 atom stereocenters. The number of nitrogens with two attached hydrogens (primary N) is 1. The summed E-state index contributed by atoms with van der Waals surface area (Å²) in [7, 11) is 0. The SMILES string of the molecule is NCCCC(=O)Nc1ccc(NC(=O)CN2CCCCCC2)cc1. The summed E-state index contributed by atoms with van der Waals surface area (Å²) in [5.74, 6) is -0.0324. The van der Waals surface area contributed by atoms with E-state index in [9.17, 15) is 9.59 Å². The highest BCUT2D eigenvalue weighted by Gasteiger charge is 2.13. The van der Waals surface area contributed by atoms with Gasteiger partial charge in [0, 0.05) is 17.8 Å². The van der Waals surface area contributed by atoms with Crippen LogP contribution in [0.1, 0.15) is 38.5 Å². The first-order valence-corrected chi connectivity index (χ1v) is 8.79. The number of hydrogen-bond donors (Lipinski definition) is 3. The molecule has 0 unspecified atom stereocenters. The molecule has 24 heavy (non-hydrogen) atoms. The molecule has 1 fully saturated rings. The molecular formula is C18H28N4O2. The molecule has 1 aromatic carbocycles. The van der Waals surface area contributed by atoms with Crippen LogP contribution in [-0.4, -0.2) is 42.9 Å². The minimum absolute atomic E-state index is 0.0108. The zero-order valence-electron chi connectivity index (χ0n) is 14.2. The average Bonchev–Trinajstić information content (AvgIpc) is 2.83. The molecular weight excluding hydrogens is 304 g/mol. The van der Waals surface area contributed by atoms with E-state index in [1.54, 1.807) is 24.3 Å². The second-order valence-electron chi connectivity index (χ2n) is 6.26. The zero-order chi connectivity index (χ0) is 17.2. The van der Waals surface area contributed by atoms with Crippen LogP contribution in [0.4, 0.5) is 11.4 Å². The molecule has 0 aromatic heterocycles. The Labute approximate surface area is 143 Å². The van der Waals surface area contributed by atoms with Gasteiger partial charge < -0.3 is 16.4 Å². The van der Waals surface area contributed by atoms with Gasteiger partial charge in [-0.3, -0.25) is 14.5 Å². The van der Waals surface area contributed by atoms with Crippen molar-refractivity contribution in [3.63, 3.8) is 0 Å². The Bertz CT molecular complexity index is 522. The van der Waals surface area contributed by atoms with Crippen molar-refractivity contribution in [2.24, 2.45) is 5.73 Å². The molecule has 6 heteroatoms. The first-order valence-electron chi connectivity index (χ1n) is 8.79. The van der Waals surface area contributed by atoms with Gasteiger partial charge in [0.1, 0.15) is 0 Å². The molecule has 1 aliphatic rings. The first kappa shape index (κ1) is 18.4. The molecule has 0 aliphatic carbocycles. The van der Waals surface area contributed by atoms with E-state index in [-0.39, 0.29) is 11.8 Å². The van der Waals surface area contributed by atoms with E-state index in [0.717, 1.165) is 24.5 Å². The number of rotatable bonds is 7. The van der Waals surface area contributed by atoms with Crippen LogP contribution in [-0.2, 0) is 9.59 Å². The summed E-state index contributed by atoms with van der Waals surface area (Å²) >= 11 is 0. The van der Waals surface area contributed by atoms with Gasteiger partial charge in [-0.15, -0.1) is 0 Å². The maximum atomic E-state index is 12.1. The van der Waals surface area contributed by atoms with E-state index < -0.39 is 0 Å². The molecule has 0 radical (unpaired) electrons. The summed E-state index contributed by atoms with van der Waals surface area (Å²) in [4.78, 5) is 26.0. The van der Waals surface area contributed by atoms with Gasteiger partial charge in [-0.2, -0.15) is 0 Å². The molecule has 6 nitrogen and oxygen atoms in total. The lowest BCUT2D eigenvalue weighted by atomic mass is 10.2. The van der Waals surface area contributed by atoms with Crippen LogP contribution in [0.3, 0.4) is 0 Å². The molecule has 1 heterocycles. The van der Waals surface area contributed by atoms with E-state index in [1.807, 2.05) is 0 Å². The van der Waals surface area contributed by atoms with Crippen molar-refractivity contribution in [1.29, 1.82) is 0 Å². The minimum atomic E-state index is -0.0431. The van der Waals surface area contributed by atoms with E-state index >= 15 is 0 Å². The average molecular weight is 332 g/mol. The van der Waals surface area contributed by atoms with Gasteiger partial charge in [0.25, 0.3) is 0 Å². The monoisotopic (exact) mass is 332 g/mol. The fraction of sp³-hybridized carbons (Fsp3) is 0.556.